The van der Waals surface area contributed by atoms with Crippen molar-refractivity contribution in [3.8, 4) is 5.75 Å². The van der Waals surface area contributed by atoms with Gasteiger partial charge in [-0.05, 0) is 62.9 Å². The van der Waals surface area contributed by atoms with Gasteiger partial charge in [-0.25, -0.2) is 0 Å². The minimum Gasteiger partial charge on any atom is -0.475 e. The van der Waals surface area contributed by atoms with E-state index in [2.05, 4.69) is 29.5 Å². The molecule has 0 fully saturated rings. The van der Waals surface area contributed by atoms with Gasteiger partial charge in [-0.3, -0.25) is 14.9 Å². The first kappa shape index (κ1) is 22.1. The highest BCUT2D eigenvalue weighted by molar-refractivity contribution is 6.13. The Bertz CT molecular complexity index is 842. The number of carbonyl (C=O) groups is 2. The second kappa shape index (κ2) is 11.0. The van der Waals surface area contributed by atoms with Crippen LogP contribution in [-0.2, 0) is 6.42 Å². The summed E-state index contributed by atoms with van der Waals surface area (Å²) in [5, 5.41) is 6.32. The smallest absolute Gasteiger partial charge is 0.257 e. The lowest BCUT2D eigenvalue weighted by molar-refractivity contribution is 0.0965. The Kier molecular flexibility index (Phi) is 8.08. The number of aromatic amines is 1. The molecule has 0 bridgehead atoms. The average Bonchev–Trinajstić information content (AvgIpc) is 3.10. The Morgan fingerprint density at radius 2 is 1.90 bits per heavy atom. The summed E-state index contributed by atoms with van der Waals surface area (Å²) in [6.07, 6.45) is 9.21. The maximum Gasteiger partial charge on any atom is 0.257 e. The van der Waals surface area contributed by atoms with Crippen molar-refractivity contribution in [2.75, 3.05) is 11.9 Å². The van der Waals surface area contributed by atoms with Crippen molar-refractivity contribution >= 4 is 17.4 Å². The highest BCUT2D eigenvalue weighted by atomic mass is 16.5. The quantitative estimate of drug-likeness (QED) is 0.289. The van der Waals surface area contributed by atoms with Gasteiger partial charge in [0.2, 0.25) is 0 Å². The van der Waals surface area contributed by atoms with E-state index in [1.54, 1.807) is 6.20 Å². The van der Waals surface area contributed by atoms with Crippen LogP contribution in [0.5, 0.6) is 5.75 Å². The van der Waals surface area contributed by atoms with Crippen molar-refractivity contribution in [2.45, 2.75) is 71.4 Å². The molecule has 1 amide bonds. The number of ketones is 1. The molecule has 3 rings (SSSR count). The Balaban J connectivity index is 1.59. The Labute approximate surface area is 178 Å². The molecule has 0 spiro atoms. The fraction of sp³-hybridized carbons (Fsp3) is 0.500. The number of nitrogens with one attached hydrogen (secondary N) is 3. The lowest BCUT2D eigenvalue weighted by Gasteiger charge is -2.19. The van der Waals surface area contributed by atoms with Crippen LogP contribution in [0.2, 0.25) is 0 Å². The van der Waals surface area contributed by atoms with Crippen LogP contribution in [-0.4, -0.2) is 29.4 Å². The molecule has 0 saturated heterocycles. The molecule has 6 nitrogen and oxygen atoms in total. The van der Waals surface area contributed by atoms with Crippen molar-refractivity contribution in [1.29, 1.82) is 0 Å². The van der Waals surface area contributed by atoms with Crippen LogP contribution in [0, 0.1) is 0 Å². The van der Waals surface area contributed by atoms with Crippen molar-refractivity contribution in [3.63, 3.8) is 0 Å². The molecule has 1 aliphatic carbocycles. The monoisotopic (exact) mass is 411 g/mol. The minimum absolute atomic E-state index is 0.0244. The van der Waals surface area contributed by atoms with Gasteiger partial charge < -0.3 is 15.0 Å². The van der Waals surface area contributed by atoms with Crippen molar-refractivity contribution in [3.05, 3.63) is 47.3 Å². The largest absolute Gasteiger partial charge is 0.475 e. The molecule has 3 N–H and O–H groups in total. The lowest BCUT2D eigenvalue weighted by Crippen LogP contribution is -2.34. The maximum absolute atomic E-state index is 12.8. The third-order valence-electron chi connectivity index (χ3n) is 5.48. The van der Waals surface area contributed by atoms with E-state index in [9.17, 15) is 9.59 Å². The van der Waals surface area contributed by atoms with E-state index in [0.29, 0.717) is 23.2 Å². The van der Waals surface area contributed by atoms with E-state index < -0.39 is 0 Å². The van der Waals surface area contributed by atoms with Gasteiger partial charge in [-0.15, -0.1) is 0 Å². The number of carbonyl (C=O) groups excluding carboxylic acids is 2. The highest BCUT2D eigenvalue weighted by Crippen LogP contribution is 2.25. The third kappa shape index (κ3) is 5.72. The van der Waals surface area contributed by atoms with E-state index in [0.717, 1.165) is 50.1 Å². The maximum atomic E-state index is 12.8. The summed E-state index contributed by atoms with van der Waals surface area (Å²) >= 11 is 0. The van der Waals surface area contributed by atoms with Gasteiger partial charge in [0.25, 0.3) is 5.91 Å². The number of rotatable bonds is 10. The summed E-state index contributed by atoms with van der Waals surface area (Å²) < 4.78 is 6.00. The first-order valence-corrected chi connectivity index (χ1v) is 11.2. The van der Waals surface area contributed by atoms with E-state index in [1.165, 1.54) is 12.8 Å². The molecule has 0 saturated carbocycles. The molecule has 1 aromatic carbocycles. The van der Waals surface area contributed by atoms with Crippen LogP contribution in [0.4, 0.5) is 5.69 Å². The van der Waals surface area contributed by atoms with E-state index >= 15 is 0 Å². The van der Waals surface area contributed by atoms with Crippen molar-refractivity contribution in [1.82, 2.24) is 10.3 Å². The van der Waals surface area contributed by atoms with Gasteiger partial charge in [0.05, 0.1) is 11.1 Å². The van der Waals surface area contributed by atoms with Gasteiger partial charge in [-0.1, -0.05) is 26.7 Å². The normalized spacial score (nSPS) is 14.7. The van der Waals surface area contributed by atoms with E-state index in [1.807, 2.05) is 24.3 Å². The highest BCUT2D eigenvalue weighted by Gasteiger charge is 2.24. The zero-order valence-electron chi connectivity index (χ0n) is 18.1. The molecular formula is C24H33N3O3. The van der Waals surface area contributed by atoms with Crippen LogP contribution in [0.3, 0.4) is 0 Å². The number of aromatic nitrogens is 1. The molecular weight excluding hydrogens is 378 g/mol. The van der Waals surface area contributed by atoms with E-state index in [-0.39, 0.29) is 17.9 Å². The fourth-order valence-electron chi connectivity index (χ4n) is 3.76. The standard InChI is InChI=1S/C24H33N3O3/c1-3-5-8-15-25-22(4-2)30-18-13-11-17(12-14-18)27-24(29)19-16-26-20-9-6-7-10-21(28)23(19)20/h11-14,16,22,25-26H,3-10,15H2,1-2H3,(H,27,29). The van der Waals surface area contributed by atoms with Crippen molar-refractivity contribution < 1.29 is 14.3 Å². The molecule has 162 valence electrons. The molecule has 1 heterocycles. The number of H-pyrrole nitrogens is 1. The van der Waals surface area contributed by atoms with Crippen LogP contribution in [0.15, 0.2) is 30.5 Å². The second-order valence-corrected chi connectivity index (χ2v) is 7.84. The van der Waals surface area contributed by atoms with Gasteiger partial charge in [0.15, 0.2) is 5.78 Å². The van der Waals surface area contributed by atoms with Crippen LogP contribution >= 0.6 is 0 Å². The van der Waals surface area contributed by atoms with Crippen LogP contribution < -0.4 is 15.4 Å². The number of Topliss-reactive ketones (excluding diaryl/α,β-unsaturated/α-hetero) is 1. The number of hydrogen-bond acceptors (Lipinski definition) is 4. The predicted octanol–water partition coefficient (Wildman–Crippen LogP) is 5.07. The molecule has 1 aromatic heterocycles. The summed E-state index contributed by atoms with van der Waals surface area (Å²) in [6.45, 7) is 5.23. The SMILES string of the molecule is CCCCCNC(CC)Oc1ccc(NC(=O)c2c[nH]c3c2C(=O)CCCC3)cc1. The first-order valence-electron chi connectivity index (χ1n) is 11.2. The molecule has 2 aromatic rings. The summed E-state index contributed by atoms with van der Waals surface area (Å²) in [6, 6.07) is 7.36. The number of amides is 1. The predicted molar refractivity (Wildman–Crippen MR) is 119 cm³/mol. The van der Waals surface area contributed by atoms with Crippen LogP contribution in [0.25, 0.3) is 0 Å². The molecule has 6 heteroatoms. The van der Waals surface area contributed by atoms with Crippen molar-refractivity contribution in [2.24, 2.45) is 0 Å². The average molecular weight is 412 g/mol. The number of unbranched alkanes of at least 4 members (excludes halogenated alkanes) is 2. The topological polar surface area (TPSA) is 83.2 Å². The minimum atomic E-state index is -0.263. The number of ether oxygens (including phenoxy) is 1. The van der Waals surface area contributed by atoms with Crippen LogP contribution in [0.1, 0.15) is 85.2 Å². The summed E-state index contributed by atoms with van der Waals surface area (Å²) in [7, 11) is 0. The fourth-order valence-corrected chi connectivity index (χ4v) is 3.76. The zero-order valence-corrected chi connectivity index (χ0v) is 18.1. The molecule has 1 atom stereocenters. The number of fused-ring (bicyclic) bond motifs is 1. The summed E-state index contributed by atoms with van der Waals surface area (Å²) in [5.41, 5.74) is 2.54. The summed E-state index contributed by atoms with van der Waals surface area (Å²) in [4.78, 5) is 28.3. The number of anilines is 1. The second-order valence-electron chi connectivity index (χ2n) is 7.84. The molecule has 30 heavy (non-hydrogen) atoms. The van der Waals surface area contributed by atoms with Gasteiger partial charge in [-0.2, -0.15) is 0 Å². The Morgan fingerprint density at radius 3 is 2.63 bits per heavy atom. The molecule has 0 aliphatic heterocycles. The molecule has 1 aliphatic rings. The zero-order chi connectivity index (χ0) is 21.3. The number of benzene rings is 1. The first-order chi connectivity index (χ1) is 14.6. The number of aryl methyl sites for hydroxylation is 1. The summed E-state index contributed by atoms with van der Waals surface area (Å²) in [5.74, 6) is 0.545. The number of hydrogen-bond donors (Lipinski definition) is 3. The molecule has 0 radical (unpaired) electrons. The lowest BCUT2D eigenvalue weighted by atomic mass is 10.0. The third-order valence-corrected chi connectivity index (χ3v) is 5.48. The van der Waals surface area contributed by atoms with Gasteiger partial charge >= 0.3 is 0 Å². The van der Waals surface area contributed by atoms with Gasteiger partial charge in [0, 0.05) is 24.0 Å². The van der Waals surface area contributed by atoms with E-state index in [4.69, 9.17) is 4.74 Å². The Hall–Kier alpha value is -2.60. The van der Waals surface area contributed by atoms with Gasteiger partial charge in [0.1, 0.15) is 12.0 Å². The molecule has 1 unspecified atom stereocenters. The Morgan fingerprint density at radius 1 is 1.13 bits per heavy atom.